The first kappa shape index (κ1) is 29.0. The van der Waals surface area contributed by atoms with E-state index in [4.69, 9.17) is 4.74 Å². The molecule has 0 saturated carbocycles. The van der Waals surface area contributed by atoms with E-state index in [-0.39, 0.29) is 12.1 Å². The maximum Gasteiger partial charge on any atom is 0.410 e. The number of ether oxygens (including phenoxy) is 1. The monoisotopic (exact) mass is 583 g/mol. The molecule has 0 bridgehead atoms. The number of alkyl halides is 3. The SMILES string of the molecule is CC(C)(C)OC(=O)N1CCC(n2cc(-c3ccc4c(c3)ncn4-c3cccc(NC(=O)NCC(F)(F)F)c3)cn2)CC1. The fourth-order valence-corrected chi connectivity index (χ4v) is 4.81. The third kappa shape index (κ3) is 7.01. The molecule has 222 valence electrons. The van der Waals surface area contributed by atoms with Crippen LogP contribution in [0.3, 0.4) is 0 Å². The predicted molar refractivity (Wildman–Crippen MR) is 151 cm³/mol. The summed E-state index contributed by atoms with van der Waals surface area (Å²) in [4.78, 5) is 30.5. The van der Waals surface area contributed by atoms with Gasteiger partial charge in [0.15, 0.2) is 0 Å². The Balaban J connectivity index is 1.25. The Morgan fingerprint density at radius 2 is 1.81 bits per heavy atom. The van der Waals surface area contributed by atoms with E-state index in [9.17, 15) is 22.8 Å². The Kier molecular flexibility index (Phi) is 7.85. The van der Waals surface area contributed by atoms with Gasteiger partial charge in [0.2, 0.25) is 0 Å². The Hall–Kier alpha value is -4.55. The van der Waals surface area contributed by atoms with Crippen molar-refractivity contribution in [3.05, 3.63) is 61.2 Å². The molecule has 5 rings (SSSR count). The van der Waals surface area contributed by atoms with Crippen LogP contribution in [-0.2, 0) is 4.74 Å². The number of nitrogens with one attached hydrogen (secondary N) is 2. The van der Waals surface area contributed by atoms with Gasteiger partial charge in [-0.25, -0.2) is 14.6 Å². The molecule has 0 unspecified atom stereocenters. The topological polar surface area (TPSA) is 106 Å². The number of carbonyl (C=O) groups excluding carboxylic acids is 2. The summed E-state index contributed by atoms with van der Waals surface area (Å²) in [5.74, 6) is 0. The lowest BCUT2D eigenvalue weighted by atomic mass is 10.1. The zero-order chi connectivity index (χ0) is 30.1. The maximum absolute atomic E-state index is 12.4. The molecule has 0 spiro atoms. The van der Waals surface area contributed by atoms with Gasteiger partial charge < -0.3 is 20.3 Å². The average Bonchev–Trinajstić information content (AvgIpc) is 3.58. The second-order valence-electron chi connectivity index (χ2n) is 11.2. The van der Waals surface area contributed by atoms with Crippen LogP contribution >= 0.6 is 0 Å². The van der Waals surface area contributed by atoms with E-state index >= 15 is 0 Å². The van der Waals surface area contributed by atoms with Gasteiger partial charge in [-0.2, -0.15) is 18.3 Å². The quantitative estimate of drug-likeness (QED) is 0.293. The van der Waals surface area contributed by atoms with Gasteiger partial charge in [0.1, 0.15) is 18.5 Å². The highest BCUT2D eigenvalue weighted by atomic mass is 19.4. The second-order valence-corrected chi connectivity index (χ2v) is 11.2. The minimum Gasteiger partial charge on any atom is -0.444 e. The number of hydrogen-bond acceptors (Lipinski definition) is 5. The minimum absolute atomic E-state index is 0.178. The number of halogens is 3. The average molecular weight is 584 g/mol. The highest BCUT2D eigenvalue weighted by Gasteiger charge is 2.29. The third-order valence-corrected chi connectivity index (χ3v) is 6.80. The minimum atomic E-state index is -4.49. The van der Waals surface area contributed by atoms with Gasteiger partial charge in [-0.15, -0.1) is 0 Å². The van der Waals surface area contributed by atoms with Crippen molar-refractivity contribution in [1.82, 2.24) is 29.5 Å². The summed E-state index contributed by atoms with van der Waals surface area (Å²) in [7, 11) is 0. The molecular weight excluding hydrogens is 551 g/mol. The molecule has 1 aliphatic rings. The van der Waals surface area contributed by atoms with Crippen LogP contribution in [0.25, 0.3) is 27.8 Å². The number of imidazole rings is 1. The molecule has 0 aliphatic carbocycles. The summed E-state index contributed by atoms with van der Waals surface area (Å²) in [6, 6.07) is 11.9. The third-order valence-electron chi connectivity index (χ3n) is 6.80. The lowest BCUT2D eigenvalue weighted by Crippen LogP contribution is -2.42. The van der Waals surface area contributed by atoms with Crippen LogP contribution in [-0.4, -0.2) is 67.8 Å². The molecule has 42 heavy (non-hydrogen) atoms. The lowest BCUT2D eigenvalue weighted by molar-refractivity contribution is -0.122. The van der Waals surface area contributed by atoms with E-state index in [1.54, 1.807) is 34.7 Å². The summed E-state index contributed by atoms with van der Waals surface area (Å²) in [5, 5.41) is 8.81. The summed E-state index contributed by atoms with van der Waals surface area (Å²) >= 11 is 0. The fourth-order valence-electron chi connectivity index (χ4n) is 4.81. The van der Waals surface area contributed by atoms with Gasteiger partial charge in [-0.3, -0.25) is 9.25 Å². The van der Waals surface area contributed by atoms with Gasteiger partial charge >= 0.3 is 18.3 Å². The number of anilines is 1. The zero-order valence-corrected chi connectivity index (χ0v) is 23.5. The molecule has 2 N–H and O–H groups in total. The Bertz CT molecular complexity index is 1580. The van der Waals surface area contributed by atoms with Crippen LogP contribution in [0.4, 0.5) is 28.4 Å². The van der Waals surface area contributed by atoms with E-state index in [2.05, 4.69) is 15.4 Å². The number of urea groups is 1. The Morgan fingerprint density at radius 1 is 1.05 bits per heavy atom. The van der Waals surface area contributed by atoms with Gasteiger partial charge in [-0.1, -0.05) is 12.1 Å². The highest BCUT2D eigenvalue weighted by molar-refractivity contribution is 5.90. The summed E-state index contributed by atoms with van der Waals surface area (Å²) in [5.41, 5.74) is 3.95. The van der Waals surface area contributed by atoms with Crippen LogP contribution in [0.2, 0.25) is 0 Å². The fraction of sp³-hybridized carbons (Fsp3) is 0.379. The molecule has 3 amide bonds. The molecule has 2 aromatic carbocycles. The summed E-state index contributed by atoms with van der Waals surface area (Å²) < 4.78 is 46.4. The summed E-state index contributed by atoms with van der Waals surface area (Å²) in [6.45, 7) is 5.36. The van der Waals surface area contributed by atoms with Crippen molar-refractivity contribution in [1.29, 1.82) is 0 Å². The smallest absolute Gasteiger partial charge is 0.410 e. The number of amides is 3. The first-order valence-corrected chi connectivity index (χ1v) is 13.6. The van der Waals surface area contributed by atoms with Crippen LogP contribution in [0.5, 0.6) is 0 Å². The number of benzene rings is 2. The molecule has 10 nitrogen and oxygen atoms in total. The van der Waals surface area contributed by atoms with Crippen molar-refractivity contribution < 1.29 is 27.5 Å². The van der Waals surface area contributed by atoms with Crippen LogP contribution in [0.15, 0.2) is 61.2 Å². The number of hydrogen-bond donors (Lipinski definition) is 2. The van der Waals surface area contributed by atoms with Crippen molar-refractivity contribution in [3.8, 4) is 16.8 Å². The van der Waals surface area contributed by atoms with E-state index in [0.717, 1.165) is 35.0 Å². The zero-order valence-electron chi connectivity index (χ0n) is 23.5. The summed E-state index contributed by atoms with van der Waals surface area (Å²) in [6.07, 6.45) is 2.25. The molecule has 2 aromatic heterocycles. The number of piperidine rings is 1. The molecule has 3 heterocycles. The van der Waals surface area contributed by atoms with E-state index in [0.29, 0.717) is 24.5 Å². The van der Waals surface area contributed by atoms with E-state index in [1.165, 1.54) is 0 Å². The van der Waals surface area contributed by atoms with Crippen molar-refractivity contribution in [2.75, 3.05) is 25.0 Å². The van der Waals surface area contributed by atoms with E-state index < -0.39 is 24.4 Å². The molecule has 1 saturated heterocycles. The number of rotatable bonds is 5. The molecule has 1 aliphatic heterocycles. The van der Waals surface area contributed by atoms with Crippen molar-refractivity contribution >= 4 is 28.8 Å². The van der Waals surface area contributed by atoms with Gasteiger partial charge in [-0.05, 0) is 69.5 Å². The second kappa shape index (κ2) is 11.4. The van der Waals surface area contributed by atoms with Crippen molar-refractivity contribution in [2.45, 2.75) is 51.4 Å². The lowest BCUT2D eigenvalue weighted by Gasteiger charge is -2.33. The number of nitrogens with zero attached hydrogens (tertiary/aromatic N) is 5. The first-order valence-electron chi connectivity index (χ1n) is 13.6. The van der Waals surface area contributed by atoms with E-state index in [1.807, 2.05) is 66.7 Å². The van der Waals surface area contributed by atoms with Crippen LogP contribution in [0.1, 0.15) is 39.7 Å². The Labute approximate surface area is 240 Å². The standard InChI is InChI=1S/C29H32F3N7O3/c1-28(2,3)42-27(41)37-11-9-22(10-12-37)39-16-20(15-35-39)19-7-8-25-24(13-19)34-18-38(25)23-6-4-5-21(14-23)36-26(40)33-17-29(30,31)32/h4-8,13-16,18,22H,9-12,17H2,1-3H3,(H2,33,36,40). The first-order chi connectivity index (χ1) is 19.8. The molecule has 0 radical (unpaired) electrons. The highest BCUT2D eigenvalue weighted by Crippen LogP contribution is 2.29. The van der Waals surface area contributed by atoms with Gasteiger partial charge in [0.05, 0.1) is 23.3 Å². The molecular formula is C29H32F3N7O3. The normalized spacial score (nSPS) is 14.7. The van der Waals surface area contributed by atoms with Gasteiger partial charge in [0.25, 0.3) is 0 Å². The van der Waals surface area contributed by atoms with Crippen LogP contribution in [0, 0.1) is 0 Å². The molecule has 4 aromatic rings. The maximum atomic E-state index is 12.4. The number of likely N-dealkylation sites (tertiary alicyclic amines) is 1. The van der Waals surface area contributed by atoms with Crippen molar-refractivity contribution in [3.63, 3.8) is 0 Å². The molecule has 0 atom stereocenters. The number of fused-ring (bicyclic) bond motifs is 1. The van der Waals surface area contributed by atoms with Crippen LogP contribution < -0.4 is 10.6 Å². The number of aromatic nitrogens is 4. The Morgan fingerprint density at radius 3 is 2.52 bits per heavy atom. The van der Waals surface area contributed by atoms with Gasteiger partial charge in [0, 0.05) is 36.2 Å². The van der Waals surface area contributed by atoms with Crippen molar-refractivity contribution in [2.24, 2.45) is 0 Å². The molecule has 1 fully saturated rings. The predicted octanol–water partition coefficient (Wildman–Crippen LogP) is 6.14. The largest absolute Gasteiger partial charge is 0.444 e. The number of carbonyl (C=O) groups is 2. The molecule has 13 heteroatoms.